The Bertz CT molecular complexity index is 647. The van der Waals surface area contributed by atoms with Crippen LogP contribution >= 0.6 is 11.3 Å². The molecule has 0 atom stereocenters. The van der Waals surface area contributed by atoms with Gasteiger partial charge < -0.3 is 9.64 Å². The van der Waals surface area contributed by atoms with Crippen molar-refractivity contribution in [2.45, 2.75) is 26.7 Å². The minimum Gasteiger partial charge on any atom is -0.466 e. The maximum absolute atomic E-state index is 11.8. The molecule has 1 aliphatic rings. The molecule has 6 heteroatoms. The van der Waals surface area contributed by atoms with E-state index in [2.05, 4.69) is 27.2 Å². The van der Waals surface area contributed by atoms with Crippen LogP contribution in [0.1, 0.15) is 25.3 Å². The third-order valence-corrected chi connectivity index (χ3v) is 4.95. The molecule has 0 N–H and O–H groups in total. The Morgan fingerprint density at radius 2 is 2.19 bits per heavy atom. The molecule has 2 aromatic rings. The van der Waals surface area contributed by atoms with Crippen LogP contribution in [0.4, 0.5) is 5.82 Å². The number of hydrogen-bond acceptors (Lipinski definition) is 6. The van der Waals surface area contributed by atoms with Crippen LogP contribution in [0.2, 0.25) is 0 Å². The van der Waals surface area contributed by atoms with Gasteiger partial charge in [0.1, 0.15) is 17.0 Å². The number of aryl methyl sites for hydroxylation is 1. The normalized spacial score (nSPS) is 16.4. The molecule has 0 aromatic carbocycles. The molecular weight excluding hydrogens is 286 g/mol. The van der Waals surface area contributed by atoms with E-state index in [1.807, 2.05) is 6.92 Å². The van der Waals surface area contributed by atoms with Gasteiger partial charge in [-0.1, -0.05) is 0 Å². The van der Waals surface area contributed by atoms with Crippen molar-refractivity contribution < 1.29 is 9.53 Å². The van der Waals surface area contributed by atoms with Crippen LogP contribution < -0.4 is 4.90 Å². The van der Waals surface area contributed by atoms with Crippen LogP contribution in [-0.2, 0) is 9.53 Å². The Morgan fingerprint density at radius 1 is 1.43 bits per heavy atom. The maximum atomic E-state index is 11.8. The molecule has 1 aliphatic heterocycles. The molecule has 21 heavy (non-hydrogen) atoms. The largest absolute Gasteiger partial charge is 0.466 e. The monoisotopic (exact) mass is 305 g/mol. The van der Waals surface area contributed by atoms with Crippen molar-refractivity contribution in [3.63, 3.8) is 0 Å². The third-order valence-electron chi connectivity index (χ3n) is 3.95. The van der Waals surface area contributed by atoms with Crippen LogP contribution in [0, 0.1) is 12.8 Å². The van der Waals surface area contributed by atoms with Crippen molar-refractivity contribution in [3.8, 4) is 0 Å². The highest BCUT2D eigenvalue weighted by Crippen LogP contribution is 2.32. The summed E-state index contributed by atoms with van der Waals surface area (Å²) in [5.41, 5.74) is 1.22. The quantitative estimate of drug-likeness (QED) is 0.816. The van der Waals surface area contributed by atoms with Crippen molar-refractivity contribution in [1.29, 1.82) is 0 Å². The molecule has 1 fully saturated rings. The van der Waals surface area contributed by atoms with Gasteiger partial charge in [0.25, 0.3) is 0 Å². The molecule has 2 aromatic heterocycles. The molecule has 112 valence electrons. The van der Waals surface area contributed by atoms with Gasteiger partial charge in [0.15, 0.2) is 0 Å². The zero-order valence-corrected chi connectivity index (χ0v) is 13.2. The first kappa shape index (κ1) is 14.3. The lowest BCUT2D eigenvalue weighted by molar-refractivity contribution is -0.148. The van der Waals surface area contributed by atoms with Crippen LogP contribution in [0.15, 0.2) is 11.7 Å². The van der Waals surface area contributed by atoms with Gasteiger partial charge in [-0.15, -0.1) is 11.3 Å². The van der Waals surface area contributed by atoms with E-state index in [1.165, 1.54) is 5.56 Å². The first-order valence-corrected chi connectivity index (χ1v) is 8.19. The van der Waals surface area contributed by atoms with Crippen molar-refractivity contribution in [2.24, 2.45) is 5.92 Å². The molecule has 0 amide bonds. The van der Waals surface area contributed by atoms with Crippen molar-refractivity contribution in [3.05, 3.63) is 17.3 Å². The van der Waals surface area contributed by atoms with E-state index in [9.17, 15) is 4.79 Å². The van der Waals surface area contributed by atoms with Crippen LogP contribution in [0.25, 0.3) is 10.2 Å². The summed E-state index contributed by atoms with van der Waals surface area (Å²) >= 11 is 1.65. The summed E-state index contributed by atoms with van der Waals surface area (Å²) in [7, 11) is 0. The van der Waals surface area contributed by atoms with E-state index in [1.54, 1.807) is 17.7 Å². The summed E-state index contributed by atoms with van der Waals surface area (Å²) in [5, 5.41) is 3.27. The molecule has 0 spiro atoms. The van der Waals surface area contributed by atoms with Gasteiger partial charge in [-0.25, -0.2) is 9.97 Å². The fourth-order valence-corrected chi connectivity index (χ4v) is 3.71. The molecule has 1 saturated heterocycles. The molecule has 3 rings (SSSR count). The smallest absolute Gasteiger partial charge is 0.309 e. The predicted molar refractivity (Wildman–Crippen MR) is 83.7 cm³/mol. The minimum atomic E-state index is -0.0586. The average molecular weight is 305 g/mol. The third kappa shape index (κ3) is 2.72. The number of esters is 1. The number of nitrogens with zero attached hydrogens (tertiary/aromatic N) is 3. The van der Waals surface area contributed by atoms with E-state index < -0.39 is 0 Å². The molecule has 0 bridgehead atoms. The molecule has 0 radical (unpaired) electrons. The van der Waals surface area contributed by atoms with Gasteiger partial charge >= 0.3 is 5.97 Å². The molecule has 5 nitrogen and oxygen atoms in total. The minimum absolute atomic E-state index is 0.0297. The Morgan fingerprint density at radius 3 is 2.90 bits per heavy atom. The fraction of sp³-hybridized carbons (Fsp3) is 0.533. The Hall–Kier alpha value is -1.69. The highest BCUT2D eigenvalue weighted by atomic mass is 32.1. The summed E-state index contributed by atoms with van der Waals surface area (Å²) in [6, 6.07) is 0. The lowest BCUT2D eigenvalue weighted by atomic mass is 9.97. The van der Waals surface area contributed by atoms with Gasteiger partial charge in [-0.05, 0) is 37.6 Å². The zero-order chi connectivity index (χ0) is 14.8. The molecule has 3 heterocycles. The second-order valence-corrected chi connectivity index (χ2v) is 6.17. The molecule has 0 saturated carbocycles. The number of carbonyl (C=O) groups is 1. The number of aromatic nitrogens is 2. The Labute approximate surface area is 128 Å². The van der Waals surface area contributed by atoms with Gasteiger partial charge in [0.2, 0.25) is 0 Å². The summed E-state index contributed by atoms with van der Waals surface area (Å²) < 4.78 is 5.12. The van der Waals surface area contributed by atoms with E-state index in [0.29, 0.717) is 6.61 Å². The van der Waals surface area contributed by atoms with Crippen molar-refractivity contribution >= 4 is 33.3 Å². The van der Waals surface area contributed by atoms with Gasteiger partial charge in [-0.3, -0.25) is 4.79 Å². The topological polar surface area (TPSA) is 55.3 Å². The first-order valence-electron chi connectivity index (χ1n) is 7.31. The van der Waals surface area contributed by atoms with Crippen molar-refractivity contribution in [1.82, 2.24) is 9.97 Å². The molecule has 0 aliphatic carbocycles. The predicted octanol–water partition coefficient (Wildman–Crippen LogP) is 2.78. The number of carbonyl (C=O) groups excluding carboxylic acids is 1. The van der Waals surface area contributed by atoms with E-state index in [-0.39, 0.29) is 11.9 Å². The second-order valence-electron chi connectivity index (χ2n) is 5.31. The fourth-order valence-electron chi connectivity index (χ4n) is 2.83. The van der Waals surface area contributed by atoms with Crippen LogP contribution in [0.3, 0.4) is 0 Å². The molecular formula is C15H19N3O2S. The number of anilines is 1. The summed E-state index contributed by atoms with van der Waals surface area (Å²) in [6.45, 7) is 6.08. The SMILES string of the molecule is CCOC(=O)C1CCN(c2ncnc3scc(C)c23)CC1. The number of hydrogen-bond donors (Lipinski definition) is 0. The van der Waals surface area contributed by atoms with Crippen molar-refractivity contribution in [2.75, 3.05) is 24.6 Å². The lowest BCUT2D eigenvalue weighted by Gasteiger charge is -2.32. The average Bonchev–Trinajstić information content (AvgIpc) is 2.89. The maximum Gasteiger partial charge on any atom is 0.309 e. The van der Waals surface area contributed by atoms with Gasteiger partial charge in [-0.2, -0.15) is 0 Å². The van der Waals surface area contributed by atoms with Crippen LogP contribution in [-0.4, -0.2) is 35.6 Å². The summed E-state index contributed by atoms with van der Waals surface area (Å²) in [5.74, 6) is 0.972. The van der Waals surface area contributed by atoms with E-state index >= 15 is 0 Å². The van der Waals surface area contributed by atoms with Gasteiger partial charge in [0, 0.05) is 13.1 Å². The standard InChI is InChI=1S/C15H19N3O2S/c1-3-20-15(19)11-4-6-18(7-5-11)13-12-10(2)8-21-14(12)17-9-16-13/h8-9,11H,3-7H2,1-2H3. The molecule has 0 unspecified atom stereocenters. The van der Waals surface area contributed by atoms with E-state index in [4.69, 9.17) is 4.74 Å². The summed E-state index contributed by atoms with van der Waals surface area (Å²) in [4.78, 5) is 23.9. The summed E-state index contributed by atoms with van der Waals surface area (Å²) in [6.07, 6.45) is 3.28. The van der Waals surface area contributed by atoms with E-state index in [0.717, 1.165) is 42.0 Å². The number of rotatable bonds is 3. The number of ether oxygens (including phenoxy) is 1. The number of fused-ring (bicyclic) bond motifs is 1. The Kier molecular flexibility index (Phi) is 4.05. The number of piperidine rings is 1. The highest BCUT2D eigenvalue weighted by molar-refractivity contribution is 7.17. The lowest BCUT2D eigenvalue weighted by Crippen LogP contribution is -2.37. The Balaban J connectivity index is 1.77. The first-order chi connectivity index (χ1) is 10.2. The highest BCUT2D eigenvalue weighted by Gasteiger charge is 2.27. The number of thiophene rings is 1. The second kappa shape index (κ2) is 5.97. The van der Waals surface area contributed by atoms with Gasteiger partial charge in [0.05, 0.1) is 17.9 Å². The zero-order valence-electron chi connectivity index (χ0n) is 12.3. The van der Waals surface area contributed by atoms with Crippen LogP contribution in [0.5, 0.6) is 0 Å².